The average molecular weight is 257 g/mol. The summed E-state index contributed by atoms with van der Waals surface area (Å²) in [5, 5.41) is 3.26. The quantitative estimate of drug-likeness (QED) is 0.821. The topological polar surface area (TPSA) is 25.2 Å². The zero-order valence-corrected chi connectivity index (χ0v) is 10.7. The van der Waals surface area contributed by atoms with E-state index in [4.69, 9.17) is 4.42 Å². The number of hydrogen-bond donors (Lipinski definition) is 1. The fraction of sp³-hybridized carbons (Fsp3) is 0.375. The first kappa shape index (κ1) is 11.1. The Labute approximate surface area is 111 Å². The molecule has 1 aromatic heterocycles. The standard InChI is InChI=1S/C16H16FNO/c17-16-7-1-3-13(16)12-6-5-11(9-14(12)18-10-16)15-4-2-8-19-15/h2,4-6,8-9,13,18H,1,3,7,10H2. The molecular formula is C16H16FNO. The van der Waals surface area contributed by atoms with Crippen molar-refractivity contribution in [3.8, 4) is 11.3 Å². The van der Waals surface area contributed by atoms with Gasteiger partial charge in [0.1, 0.15) is 11.4 Å². The van der Waals surface area contributed by atoms with Gasteiger partial charge >= 0.3 is 0 Å². The number of anilines is 1. The third-order valence-electron chi connectivity index (χ3n) is 4.52. The molecule has 1 aromatic carbocycles. The van der Waals surface area contributed by atoms with Crippen LogP contribution in [0.15, 0.2) is 41.0 Å². The number of alkyl halides is 1. The molecular weight excluding hydrogens is 241 g/mol. The minimum atomic E-state index is -1.04. The number of nitrogens with one attached hydrogen (secondary N) is 1. The molecule has 0 amide bonds. The van der Waals surface area contributed by atoms with Gasteiger partial charge < -0.3 is 9.73 Å². The van der Waals surface area contributed by atoms with Gasteiger partial charge in [0.2, 0.25) is 0 Å². The minimum Gasteiger partial charge on any atom is -0.464 e. The molecule has 0 radical (unpaired) electrons. The molecule has 3 heteroatoms. The smallest absolute Gasteiger partial charge is 0.135 e. The normalized spacial score (nSPS) is 28.6. The lowest BCUT2D eigenvalue weighted by molar-refractivity contribution is 0.159. The molecule has 98 valence electrons. The van der Waals surface area contributed by atoms with E-state index in [1.807, 2.05) is 18.2 Å². The van der Waals surface area contributed by atoms with Gasteiger partial charge in [-0.3, -0.25) is 0 Å². The number of benzene rings is 1. The minimum absolute atomic E-state index is 0.0643. The van der Waals surface area contributed by atoms with Crippen molar-refractivity contribution in [3.63, 3.8) is 0 Å². The lowest BCUT2D eigenvalue weighted by Crippen LogP contribution is -2.38. The summed E-state index contributed by atoms with van der Waals surface area (Å²) in [7, 11) is 0. The van der Waals surface area contributed by atoms with Crippen LogP contribution in [0.2, 0.25) is 0 Å². The molecule has 1 aliphatic heterocycles. The van der Waals surface area contributed by atoms with Crippen LogP contribution in [0.3, 0.4) is 0 Å². The predicted molar refractivity (Wildman–Crippen MR) is 73.1 cm³/mol. The van der Waals surface area contributed by atoms with Crippen molar-refractivity contribution in [1.29, 1.82) is 0 Å². The van der Waals surface area contributed by atoms with Crippen LogP contribution in [0.25, 0.3) is 11.3 Å². The zero-order chi connectivity index (χ0) is 12.9. The molecule has 2 unspecified atom stereocenters. The number of fused-ring (bicyclic) bond motifs is 3. The summed E-state index contributed by atoms with van der Waals surface area (Å²) in [5.74, 6) is 0.919. The number of furan rings is 1. The molecule has 1 fully saturated rings. The van der Waals surface area contributed by atoms with Crippen LogP contribution in [-0.2, 0) is 0 Å². The zero-order valence-electron chi connectivity index (χ0n) is 10.7. The van der Waals surface area contributed by atoms with Gasteiger partial charge in [-0.05, 0) is 43.0 Å². The van der Waals surface area contributed by atoms with Crippen LogP contribution in [0.4, 0.5) is 10.1 Å². The summed E-state index contributed by atoms with van der Waals surface area (Å²) >= 11 is 0. The van der Waals surface area contributed by atoms with Crippen LogP contribution in [0.1, 0.15) is 30.7 Å². The van der Waals surface area contributed by atoms with Crippen molar-refractivity contribution in [2.75, 3.05) is 11.9 Å². The third kappa shape index (κ3) is 1.61. The van der Waals surface area contributed by atoms with Crippen molar-refractivity contribution < 1.29 is 8.81 Å². The SMILES string of the molecule is FC12CCCC1c1ccc(-c3ccco3)cc1NC2. The molecule has 2 heterocycles. The van der Waals surface area contributed by atoms with E-state index in [9.17, 15) is 4.39 Å². The first-order chi connectivity index (χ1) is 9.26. The van der Waals surface area contributed by atoms with E-state index < -0.39 is 5.67 Å². The van der Waals surface area contributed by atoms with E-state index >= 15 is 0 Å². The Kier molecular flexibility index (Phi) is 2.25. The maximum Gasteiger partial charge on any atom is 0.135 e. The Morgan fingerprint density at radius 2 is 2.26 bits per heavy atom. The second-order valence-electron chi connectivity index (χ2n) is 5.61. The number of halogens is 1. The molecule has 0 spiro atoms. The van der Waals surface area contributed by atoms with Gasteiger partial charge in [0.15, 0.2) is 0 Å². The molecule has 1 saturated carbocycles. The summed E-state index contributed by atoms with van der Waals surface area (Å²) in [6.07, 6.45) is 4.31. The van der Waals surface area contributed by atoms with Crippen molar-refractivity contribution >= 4 is 5.69 Å². The molecule has 2 aliphatic rings. The molecule has 0 saturated heterocycles. The maximum atomic E-state index is 14.7. The fourth-order valence-corrected chi connectivity index (χ4v) is 3.53. The van der Waals surface area contributed by atoms with Gasteiger partial charge in [-0.25, -0.2) is 4.39 Å². The van der Waals surface area contributed by atoms with E-state index in [-0.39, 0.29) is 5.92 Å². The van der Waals surface area contributed by atoms with E-state index in [1.54, 1.807) is 6.26 Å². The molecule has 4 rings (SSSR count). The van der Waals surface area contributed by atoms with Gasteiger partial charge in [0.05, 0.1) is 6.26 Å². The Morgan fingerprint density at radius 1 is 1.32 bits per heavy atom. The van der Waals surface area contributed by atoms with Gasteiger partial charge in [0.25, 0.3) is 0 Å². The predicted octanol–water partition coefficient (Wildman–Crippen LogP) is 4.35. The van der Waals surface area contributed by atoms with Gasteiger partial charge in [-0.1, -0.05) is 12.1 Å². The third-order valence-corrected chi connectivity index (χ3v) is 4.52. The Balaban J connectivity index is 1.78. The highest BCUT2D eigenvalue weighted by atomic mass is 19.1. The molecule has 2 atom stereocenters. The van der Waals surface area contributed by atoms with E-state index in [0.717, 1.165) is 35.4 Å². The molecule has 19 heavy (non-hydrogen) atoms. The second-order valence-corrected chi connectivity index (χ2v) is 5.61. The van der Waals surface area contributed by atoms with Crippen LogP contribution in [0, 0.1) is 0 Å². The average Bonchev–Trinajstić information content (AvgIpc) is 3.06. The molecule has 1 aliphatic carbocycles. The lowest BCUT2D eigenvalue weighted by atomic mass is 9.82. The maximum absolute atomic E-state index is 14.7. The molecule has 1 N–H and O–H groups in total. The first-order valence-corrected chi connectivity index (χ1v) is 6.87. The highest BCUT2D eigenvalue weighted by Gasteiger charge is 2.47. The van der Waals surface area contributed by atoms with Crippen molar-refractivity contribution in [3.05, 3.63) is 42.2 Å². The van der Waals surface area contributed by atoms with Crippen LogP contribution in [-0.4, -0.2) is 12.2 Å². The molecule has 2 nitrogen and oxygen atoms in total. The Bertz CT molecular complexity index is 607. The summed E-state index contributed by atoms with van der Waals surface area (Å²) in [5.41, 5.74) is 2.19. The van der Waals surface area contributed by atoms with Crippen LogP contribution >= 0.6 is 0 Å². The first-order valence-electron chi connectivity index (χ1n) is 6.87. The van der Waals surface area contributed by atoms with Crippen molar-refractivity contribution in [2.45, 2.75) is 30.8 Å². The summed E-state index contributed by atoms with van der Waals surface area (Å²) in [6, 6.07) is 9.99. The Morgan fingerprint density at radius 3 is 3.11 bits per heavy atom. The number of rotatable bonds is 1. The summed E-state index contributed by atoms with van der Waals surface area (Å²) < 4.78 is 20.1. The monoisotopic (exact) mass is 257 g/mol. The van der Waals surface area contributed by atoms with Crippen LogP contribution < -0.4 is 5.32 Å². The van der Waals surface area contributed by atoms with Crippen molar-refractivity contribution in [2.24, 2.45) is 0 Å². The summed E-state index contributed by atoms with van der Waals surface area (Å²) in [4.78, 5) is 0. The highest BCUT2D eigenvalue weighted by Crippen LogP contribution is 2.50. The van der Waals surface area contributed by atoms with Gasteiger partial charge in [-0.15, -0.1) is 0 Å². The van der Waals surface area contributed by atoms with Crippen molar-refractivity contribution in [1.82, 2.24) is 0 Å². The largest absolute Gasteiger partial charge is 0.464 e. The highest BCUT2D eigenvalue weighted by molar-refractivity contribution is 5.68. The second kappa shape index (κ2) is 3.86. The van der Waals surface area contributed by atoms with Gasteiger partial charge in [-0.2, -0.15) is 0 Å². The molecule has 2 aromatic rings. The summed E-state index contributed by atoms with van der Waals surface area (Å²) in [6.45, 7) is 0.437. The van der Waals surface area contributed by atoms with E-state index in [2.05, 4.69) is 17.4 Å². The number of hydrogen-bond acceptors (Lipinski definition) is 2. The fourth-order valence-electron chi connectivity index (χ4n) is 3.53. The van der Waals surface area contributed by atoms with E-state index in [0.29, 0.717) is 13.0 Å². The van der Waals surface area contributed by atoms with Crippen LogP contribution in [0.5, 0.6) is 0 Å². The van der Waals surface area contributed by atoms with E-state index in [1.165, 1.54) is 0 Å². The Hall–Kier alpha value is -1.77. The van der Waals surface area contributed by atoms with Gasteiger partial charge in [0, 0.05) is 23.7 Å². The lowest BCUT2D eigenvalue weighted by Gasteiger charge is -2.35. The molecule has 0 bridgehead atoms.